The van der Waals surface area contributed by atoms with Crippen molar-refractivity contribution in [1.29, 1.82) is 0 Å². The van der Waals surface area contributed by atoms with Crippen molar-refractivity contribution < 1.29 is 4.79 Å². The van der Waals surface area contributed by atoms with Crippen LogP contribution in [-0.2, 0) is 0 Å². The fourth-order valence-corrected chi connectivity index (χ4v) is 2.79. The molecule has 0 spiro atoms. The van der Waals surface area contributed by atoms with Gasteiger partial charge in [-0.15, -0.1) is 0 Å². The minimum Gasteiger partial charge on any atom is -0.354 e. The zero-order valence-corrected chi connectivity index (χ0v) is 14.0. The van der Waals surface area contributed by atoms with E-state index in [0.717, 1.165) is 5.56 Å². The van der Waals surface area contributed by atoms with E-state index in [-0.39, 0.29) is 5.91 Å². The number of carbonyl (C=O) groups excluding carboxylic acids is 1. The van der Waals surface area contributed by atoms with Crippen LogP contribution >= 0.6 is 23.2 Å². The third kappa shape index (κ3) is 3.33. The van der Waals surface area contributed by atoms with E-state index in [9.17, 15) is 4.79 Å². The molecule has 23 heavy (non-hydrogen) atoms. The van der Waals surface area contributed by atoms with Crippen molar-refractivity contribution >= 4 is 40.8 Å². The van der Waals surface area contributed by atoms with Crippen LogP contribution in [0.3, 0.4) is 0 Å². The minimum atomic E-state index is -0.116. The van der Waals surface area contributed by atoms with Gasteiger partial charge in [-0.3, -0.25) is 9.69 Å². The van der Waals surface area contributed by atoms with Crippen molar-refractivity contribution in [3.63, 3.8) is 0 Å². The summed E-state index contributed by atoms with van der Waals surface area (Å²) in [4.78, 5) is 18.8. The molecular weight excluding hydrogens is 333 g/mol. The van der Waals surface area contributed by atoms with Gasteiger partial charge in [0.2, 0.25) is 5.96 Å². The highest BCUT2D eigenvalue weighted by atomic mass is 35.5. The number of halogens is 2. The molecule has 2 aromatic carbocycles. The van der Waals surface area contributed by atoms with Crippen molar-refractivity contribution in [3.8, 4) is 0 Å². The Balaban J connectivity index is 1.92. The summed E-state index contributed by atoms with van der Waals surface area (Å²) in [6, 6.07) is 12.4. The normalized spacial score (nSPS) is 15.8. The number of benzene rings is 2. The predicted octanol–water partition coefficient (Wildman–Crippen LogP) is 4.03. The number of nitrogens with one attached hydrogen (secondary N) is 1. The third-order valence-corrected chi connectivity index (χ3v) is 4.17. The van der Waals surface area contributed by atoms with E-state index < -0.39 is 0 Å². The zero-order valence-electron chi connectivity index (χ0n) is 12.5. The molecule has 1 aliphatic rings. The zero-order chi connectivity index (χ0) is 16.4. The molecule has 1 heterocycles. The van der Waals surface area contributed by atoms with E-state index in [1.165, 1.54) is 0 Å². The van der Waals surface area contributed by atoms with Gasteiger partial charge in [-0.1, -0.05) is 35.3 Å². The molecule has 0 aliphatic carbocycles. The van der Waals surface area contributed by atoms with E-state index in [4.69, 9.17) is 23.2 Å². The second kappa shape index (κ2) is 6.60. The average molecular weight is 348 g/mol. The lowest BCUT2D eigenvalue weighted by atomic mass is 10.2. The Labute approximate surface area is 144 Å². The summed E-state index contributed by atoms with van der Waals surface area (Å²) in [6.45, 7) is 3.15. The lowest BCUT2D eigenvalue weighted by molar-refractivity contribution is 0.0859. The summed E-state index contributed by atoms with van der Waals surface area (Å²) < 4.78 is 0. The number of carbonyl (C=O) groups is 1. The fraction of sp³-hybridized carbons (Fsp3) is 0.176. The Morgan fingerprint density at radius 2 is 1.91 bits per heavy atom. The Bertz CT molecular complexity index is 752. The Kier molecular flexibility index (Phi) is 4.55. The molecule has 1 amide bonds. The van der Waals surface area contributed by atoms with E-state index in [1.807, 2.05) is 19.1 Å². The van der Waals surface area contributed by atoms with Gasteiger partial charge in [-0.2, -0.15) is 0 Å². The maximum atomic E-state index is 12.7. The maximum absolute atomic E-state index is 12.7. The van der Waals surface area contributed by atoms with Gasteiger partial charge < -0.3 is 5.32 Å². The summed E-state index contributed by atoms with van der Waals surface area (Å²) in [5, 5.41) is 4.30. The first kappa shape index (κ1) is 15.8. The van der Waals surface area contributed by atoms with Crippen LogP contribution in [0, 0.1) is 6.92 Å². The molecule has 1 fully saturated rings. The van der Waals surface area contributed by atoms with Crippen molar-refractivity contribution in [1.82, 2.24) is 10.2 Å². The van der Waals surface area contributed by atoms with Crippen molar-refractivity contribution in [2.75, 3.05) is 13.1 Å². The van der Waals surface area contributed by atoms with Crippen LogP contribution < -0.4 is 5.32 Å². The van der Waals surface area contributed by atoms with Crippen LogP contribution in [0.5, 0.6) is 0 Å². The molecule has 3 rings (SSSR count). The molecule has 0 bridgehead atoms. The topological polar surface area (TPSA) is 44.7 Å². The average Bonchev–Trinajstić information content (AvgIpc) is 2.99. The van der Waals surface area contributed by atoms with Crippen molar-refractivity contribution in [2.45, 2.75) is 6.92 Å². The monoisotopic (exact) mass is 347 g/mol. The van der Waals surface area contributed by atoms with Crippen molar-refractivity contribution in [2.24, 2.45) is 4.99 Å². The number of guanidine groups is 1. The Morgan fingerprint density at radius 1 is 1.17 bits per heavy atom. The number of hydrogen-bond donors (Lipinski definition) is 1. The molecule has 2 aromatic rings. The van der Waals surface area contributed by atoms with Crippen LogP contribution in [0.25, 0.3) is 0 Å². The summed E-state index contributed by atoms with van der Waals surface area (Å²) in [7, 11) is 0. The summed E-state index contributed by atoms with van der Waals surface area (Å²) in [6.07, 6.45) is 0. The third-order valence-electron chi connectivity index (χ3n) is 3.62. The quantitative estimate of drug-likeness (QED) is 0.890. The molecule has 1 N–H and O–H groups in total. The first-order valence-electron chi connectivity index (χ1n) is 7.21. The molecule has 0 atom stereocenters. The molecule has 0 saturated carbocycles. The molecule has 1 saturated heterocycles. The van der Waals surface area contributed by atoms with E-state index in [0.29, 0.717) is 40.3 Å². The highest BCUT2D eigenvalue weighted by Crippen LogP contribution is 2.29. The van der Waals surface area contributed by atoms with Crippen LogP contribution in [-0.4, -0.2) is 29.9 Å². The minimum absolute atomic E-state index is 0.116. The summed E-state index contributed by atoms with van der Waals surface area (Å²) in [5.74, 6) is 0.399. The van der Waals surface area contributed by atoms with E-state index in [2.05, 4.69) is 10.3 Å². The van der Waals surface area contributed by atoms with Crippen molar-refractivity contribution in [3.05, 3.63) is 63.6 Å². The second-order valence-corrected chi connectivity index (χ2v) is 6.07. The lowest BCUT2D eigenvalue weighted by Gasteiger charge is -2.16. The molecule has 118 valence electrons. The molecular formula is C17H15Cl2N3O. The van der Waals surface area contributed by atoms with E-state index >= 15 is 0 Å². The Hall–Kier alpha value is -2.04. The number of nitrogens with zero attached hydrogens (tertiary/aromatic N) is 2. The smallest absolute Gasteiger partial charge is 0.260 e. The molecule has 4 nitrogen and oxygen atoms in total. The van der Waals surface area contributed by atoms with Gasteiger partial charge in [-0.25, -0.2) is 4.99 Å². The van der Waals surface area contributed by atoms with E-state index in [1.54, 1.807) is 35.2 Å². The van der Waals surface area contributed by atoms with Crippen LogP contribution in [0.1, 0.15) is 15.9 Å². The number of hydrogen-bond acceptors (Lipinski definition) is 2. The summed E-state index contributed by atoms with van der Waals surface area (Å²) in [5.41, 5.74) is 2.20. The molecule has 0 aromatic heterocycles. The molecule has 1 aliphatic heterocycles. The second-order valence-electron chi connectivity index (χ2n) is 5.23. The highest BCUT2D eigenvalue weighted by Gasteiger charge is 2.26. The van der Waals surface area contributed by atoms with Gasteiger partial charge in [0, 0.05) is 23.7 Å². The first-order chi connectivity index (χ1) is 11.1. The number of aryl methyl sites for hydroxylation is 1. The van der Waals surface area contributed by atoms with Gasteiger partial charge in [0.15, 0.2) is 0 Å². The van der Waals surface area contributed by atoms with Gasteiger partial charge in [-0.05, 0) is 42.8 Å². The predicted molar refractivity (Wildman–Crippen MR) is 93.8 cm³/mol. The highest BCUT2D eigenvalue weighted by molar-refractivity contribution is 6.33. The van der Waals surface area contributed by atoms with Gasteiger partial charge >= 0.3 is 0 Å². The Morgan fingerprint density at radius 3 is 2.61 bits per heavy atom. The number of para-hydroxylation sites is 1. The molecule has 0 unspecified atom stereocenters. The van der Waals surface area contributed by atoms with Gasteiger partial charge in [0.05, 0.1) is 10.7 Å². The lowest BCUT2D eigenvalue weighted by Crippen LogP contribution is -2.35. The largest absolute Gasteiger partial charge is 0.354 e. The standard InChI is InChI=1S/C17H15Cl2N3O/c1-11-3-2-4-14(19)15(11)21-17-20-9-10-22(17)16(23)12-5-7-13(18)8-6-12/h2-8H,9-10H2,1H3,(H,20,21). The molecule has 0 radical (unpaired) electrons. The van der Waals surface area contributed by atoms with Crippen LogP contribution in [0.2, 0.25) is 10.0 Å². The maximum Gasteiger partial charge on any atom is 0.260 e. The number of aliphatic imine (C=N–C) groups is 1. The molecule has 6 heteroatoms. The number of rotatable bonds is 2. The van der Waals surface area contributed by atoms with Crippen LogP contribution in [0.15, 0.2) is 47.5 Å². The number of amides is 1. The fourth-order valence-electron chi connectivity index (χ4n) is 2.40. The summed E-state index contributed by atoms with van der Waals surface area (Å²) >= 11 is 12.1. The first-order valence-corrected chi connectivity index (χ1v) is 7.97. The van der Waals surface area contributed by atoms with Gasteiger partial charge in [0.1, 0.15) is 0 Å². The van der Waals surface area contributed by atoms with Crippen LogP contribution in [0.4, 0.5) is 5.69 Å². The van der Waals surface area contributed by atoms with Gasteiger partial charge in [0.25, 0.3) is 5.91 Å². The SMILES string of the molecule is Cc1cccc(Cl)c1N=C1NCCN1C(=O)c1ccc(Cl)cc1.